The van der Waals surface area contributed by atoms with Gasteiger partial charge in [-0.05, 0) is 35.7 Å². The van der Waals surface area contributed by atoms with Crippen LogP contribution in [0.2, 0.25) is 0 Å². The van der Waals surface area contributed by atoms with Gasteiger partial charge < -0.3 is 10.4 Å². The molecule has 2 N–H and O–H groups in total. The Morgan fingerprint density at radius 2 is 1.95 bits per heavy atom. The summed E-state index contributed by atoms with van der Waals surface area (Å²) in [6.07, 6.45) is -0.524. The number of alkyl halides is 1. The number of benzene rings is 2. The lowest BCUT2D eigenvalue weighted by Gasteiger charge is -2.12. The quantitative estimate of drug-likeness (QED) is 0.816. The third kappa shape index (κ3) is 3.72. The van der Waals surface area contributed by atoms with Gasteiger partial charge in [-0.1, -0.05) is 36.4 Å². The molecule has 1 unspecified atom stereocenters. The van der Waals surface area contributed by atoms with E-state index in [-0.39, 0.29) is 5.88 Å². The van der Waals surface area contributed by atoms with E-state index in [0.717, 1.165) is 5.69 Å². The van der Waals surface area contributed by atoms with E-state index in [4.69, 9.17) is 11.6 Å². The first-order valence-electron chi connectivity index (χ1n) is 6.34. The number of aryl methyl sites for hydroxylation is 1. The molecule has 0 heterocycles. The van der Waals surface area contributed by atoms with Crippen molar-refractivity contribution < 1.29 is 5.11 Å². The van der Waals surface area contributed by atoms with Crippen molar-refractivity contribution in [3.8, 4) is 11.1 Å². The van der Waals surface area contributed by atoms with Crippen LogP contribution >= 0.6 is 11.6 Å². The maximum Gasteiger partial charge on any atom is 0.0847 e. The molecule has 0 fully saturated rings. The van der Waals surface area contributed by atoms with Crippen LogP contribution in [0.25, 0.3) is 11.1 Å². The molecule has 19 heavy (non-hydrogen) atoms. The van der Waals surface area contributed by atoms with Crippen LogP contribution in [0.15, 0.2) is 48.5 Å². The zero-order chi connectivity index (χ0) is 13.7. The van der Waals surface area contributed by atoms with Crippen LogP contribution in [0.1, 0.15) is 5.56 Å². The number of aliphatic hydroxyl groups excluding tert-OH is 1. The summed E-state index contributed by atoms with van der Waals surface area (Å²) in [6.45, 7) is 2.56. The highest BCUT2D eigenvalue weighted by atomic mass is 35.5. The zero-order valence-corrected chi connectivity index (χ0v) is 11.7. The average Bonchev–Trinajstić information content (AvgIpc) is 2.45. The second-order valence-corrected chi connectivity index (χ2v) is 4.89. The molecule has 0 aliphatic rings. The Hall–Kier alpha value is -1.51. The Balaban J connectivity index is 2.18. The van der Waals surface area contributed by atoms with E-state index in [9.17, 15) is 5.11 Å². The Morgan fingerprint density at radius 1 is 1.16 bits per heavy atom. The lowest BCUT2D eigenvalue weighted by molar-refractivity contribution is 0.211. The summed E-state index contributed by atoms with van der Waals surface area (Å²) in [7, 11) is 0. The molecular formula is C16H18ClNO. The molecule has 0 radical (unpaired) electrons. The molecule has 0 saturated heterocycles. The highest BCUT2D eigenvalue weighted by molar-refractivity contribution is 6.18. The predicted molar refractivity (Wildman–Crippen MR) is 81.8 cm³/mol. The maximum atomic E-state index is 9.46. The maximum absolute atomic E-state index is 9.46. The molecule has 2 aromatic carbocycles. The summed E-state index contributed by atoms with van der Waals surface area (Å²) in [5.41, 5.74) is 4.64. The van der Waals surface area contributed by atoms with Gasteiger partial charge in [0.2, 0.25) is 0 Å². The lowest BCUT2D eigenvalue weighted by Crippen LogP contribution is -2.20. The van der Waals surface area contributed by atoms with Crippen LogP contribution in [0, 0.1) is 6.92 Å². The van der Waals surface area contributed by atoms with Crippen LogP contribution in [-0.4, -0.2) is 23.6 Å². The molecule has 100 valence electrons. The van der Waals surface area contributed by atoms with Crippen LogP contribution in [0.5, 0.6) is 0 Å². The molecular weight excluding hydrogens is 258 g/mol. The summed E-state index contributed by atoms with van der Waals surface area (Å²) in [4.78, 5) is 0. The van der Waals surface area contributed by atoms with Gasteiger partial charge >= 0.3 is 0 Å². The smallest absolute Gasteiger partial charge is 0.0847 e. The molecule has 2 nitrogen and oxygen atoms in total. The lowest BCUT2D eigenvalue weighted by atomic mass is 10.0. The van der Waals surface area contributed by atoms with Crippen molar-refractivity contribution in [2.24, 2.45) is 0 Å². The minimum Gasteiger partial charge on any atom is -0.390 e. The topological polar surface area (TPSA) is 32.3 Å². The first kappa shape index (κ1) is 13.9. The van der Waals surface area contributed by atoms with Gasteiger partial charge in [-0.2, -0.15) is 0 Å². The van der Waals surface area contributed by atoms with Gasteiger partial charge in [0.05, 0.1) is 12.0 Å². The van der Waals surface area contributed by atoms with Crippen molar-refractivity contribution >= 4 is 17.3 Å². The Morgan fingerprint density at radius 3 is 2.68 bits per heavy atom. The van der Waals surface area contributed by atoms with Gasteiger partial charge in [-0.3, -0.25) is 0 Å². The monoisotopic (exact) mass is 275 g/mol. The first-order chi connectivity index (χ1) is 9.20. The third-order valence-corrected chi connectivity index (χ3v) is 3.39. The molecule has 0 spiro atoms. The predicted octanol–water partition coefficient (Wildman–Crippen LogP) is 3.67. The van der Waals surface area contributed by atoms with Gasteiger partial charge in [0.25, 0.3) is 0 Å². The molecule has 0 aliphatic heterocycles. The number of anilines is 1. The van der Waals surface area contributed by atoms with Crippen molar-refractivity contribution in [2.45, 2.75) is 13.0 Å². The second-order valence-electron chi connectivity index (χ2n) is 4.58. The van der Waals surface area contributed by atoms with Crippen LogP contribution in [0.4, 0.5) is 5.69 Å². The fraction of sp³-hybridized carbons (Fsp3) is 0.250. The Bertz CT molecular complexity index is 542. The number of halogens is 1. The Labute approximate surface area is 119 Å². The highest BCUT2D eigenvalue weighted by Crippen LogP contribution is 2.25. The molecule has 0 bridgehead atoms. The van der Waals surface area contributed by atoms with E-state index >= 15 is 0 Å². The van der Waals surface area contributed by atoms with Gasteiger partial charge in [0, 0.05) is 12.2 Å². The van der Waals surface area contributed by atoms with Crippen molar-refractivity contribution in [1.29, 1.82) is 0 Å². The second kappa shape index (κ2) is 6.60. The normalized spacial score (nSPS) is 12.2. The molecule has 1 atom stereocenters. The molecule has 0 saturated carbocycles. The minimum atomic E-state index is -0.524. The summed E-state index contributed by atoms with van der Waals surface area (Å²) < 4.78 is 0. The molecule has 2 rings (SSSR count). The minimum absolute atomic E-state index is 0.241. The summed E-state index contributed by atoms with van der Waals surface area (Å²) in [5, 5.41) is 12.6. The zero-order valence-electron chi connectivity index (χ0n) is 10.9. The fourth-order valence-corrected chi connectivity index (χ4v) is 2.09. The van der Waals surface area contributed by atoms with E-state index < -0.39 is 6.10 Å². The third-order valence-electron chi connectivity index (χ3n) is 3.04. The van der Waals surface area contributed by atoms with Crippen molar-refractivity contribution in [3.63, 3.8) is 0 Å². The van der Waals surface area contributed by atoms with Gasteiger partial charge in [-0.25, -0.2) is 0 Å². The van der Waals surface area contributed by atoms with E-state index in [1.807, 2.05) is 24.3 Å². The van der Waals surface area contributed by atoms with Crippen LogP contribution in [0.3, 0.4) is 0 Å². The number of rotatable bonds is 5. The molecule has 0 amide bonds. The largest absolute Gasteiger partial charge is 0.390 e. The van der Waals surface area contributed by atoms with Crippen molar-refractivity contribution in [3.05, 3.63) is 54.1 Å². The average molecular weight is 276 g/mol. The number of aliphatic hydroxyl groups is 1. The first-order valence-corrected chi connectivity index (χ1v) is 6.88. The Kier molecular flexibility index (Phi) is 4.83. The molecule has 0 aromatic heterocycles. The number of hydrogen-bond donors (Lipinski definition) is 2. The highest BCUT2D eigenvalue weighted by Gasteiger charge is 2.04. The van der Waals surface area contributed by atoms with E-state index in [1.54, 1.807) is 0 Å². The van der Waals surface area contributed by atoms with E-state index in [1.165, 1.54) is 16.7 Å². The van der Waals surface area contributed by atoms with Crippen LogP contribution in [-0.2, 0) is 0 Å². The summed E-state index contributed by atoms with van der Waals surface area (Å²) in [6, 6.07) is 16.5. The summed E-state index contributed by atoms with van der Waals surface area (Å²) in [5.74, 6) is 0.241. The van der Waals surface area contributed by atoms with Gasteiger partial charge in [0.1, 0.15) is 0 Å². The number of hydrogen-bond acceptors (Lipinski definition) is 2. The fourth-order valence-electron chi connectivity index (χ4n) is 1.98. The standard InChI is InChI=1S/C16H18ClNO/c1-12-5-2-3-8-16(12)13-6-4-7-14(9-13)18-11-15(19)10-17/h2-9,15,18-19H,10-11H2,1H3. The van der Waals surface area contributed by atoms with Crippen molar-refractivity contribution in [2.75, 3.05) is 17.7 Å². The van der Waals surface area contributed by atoms with Gasteiger partial charge in [-0.15, -0.1) is 11.6 Å². The number of nitrogens with one attached hydrogen (secondary N) is 1. The molecule has 2 aromatic rings. The van der Waals surface area contributed by atoms with E-state index in [2.05, 4.69) is 36.5 Å². The van der Waals surface area contributed by atoms with Crippen LogP contribution < -0.4 is 5.32 Å². The molecule has 0 aliphatic carbocycles. The SMILES string of the molecule is Cc1ccccc1-c1cccc(NCC(O)CCl)c1. The van der Waals surface area contributed by atoms with Crippen molar-refractivity contribution in [1.82, 2.24) is 0 Å². The van der Waals surface area contributed by atoms with Gasteiger partial charge in [0.15, 0.2) is 0 Å². The van der Waals surface area contributed by atoms with E-state index in [0.29, 0.717) is 6.54 Å². The molecule has 3 heteroatoms. The summed E-state index contributed by atoms with van der Waals surface area (Å²) >= 11 is 5.58.